The Labute approximate surface area is 126 Å². The van der Waals surface area contributed by atoms with E-state index in [0.29, 0.717) is 18.1 Å². The summed E-state index contributed by atoms with van der Waals surface area (Å²) >= 11 is 0. The van der Waals surface area contributed by atoms with Crippen molar-refractivity contribution in [2.75, 3.05) is 0 Å². The van der Waals surface area contributed by atoms with E-state index in [-0.39, 0.29) is 0 Å². The van der Waals surface area contributed by atoms with Crippen LogP contribution in [0.3, 0.4) is 0 Å². The van der Waals surface area contributed by atoms with Gasteiger partial charge in [-0.2, -0.15) is 0 Å². The molecule has 1 aliphatic carbocycles. The van der Waals surface area contributed by atoms with E-state index < -0.39 is 0 Å². The first-order chi connectivity index (χ1) is 10.3. The van der Waals surface area contributed by atoms with Crippen LogP contribution in [0, 0.1) is 5.92 Å². The molecule has 1 heteroatoms. The van der Waals surface area contributed by atoms with Crippen LogP contribution in [0.2, 0.25) is 0 Å². The molecule has 3 rings (SSSR count). The molecule has 0 spiro atoms. The molecule has 2 aromatic rings. The second-order valence-corrected chi connectivity index (χ2v) is 5.77. The summed E-state index contributed by atoms with van der Waals surface area (Å²) in [5.41, 5.74) is 4.52. The first-order valence-corrected chi connectivity index (χ1v) is 7.65. The minimum Gasteiger partial charge on any atom is -0.295 e. The van der Waals surface area contributed by atoms with Gasteiger partial charge in [0.15, 0.2) is 5.78 Å². The maximum absolute atomic E-state index is 12.2. The van der Waals surface area contributed by atoms with Gasteiger partial charge in [0.1, 0.15) is 0 Å². The average Bonchev–Trinajstić information content (AvgIpc) is 2.52. The topological polar surface area (TPSA) is 17.1 Å². The monoisotopic (exact) mass is 276 g/mol. The van der Waals surface area contributed by atoms with Crippen LogP contribution in [0.4, 0.5) is 0 Å². The van der Waals surface area contributed by atoms with Gasteiger partial charge in [0, 0.05) is 6.42 Å². The number of carbonyl (C=O) groups excluding carboxylic acids is 1. The molecular formula is C20H20O. The molecule has 0 N–H and O–H groups in total. The Kier molecular flexibility index (Phi) is 4.01. The second-order valence-electron chi connectivity index (χ2n) is 5.77. The summed E-state index contributed by atoms with van der Waals surface area (Å²) in [5.74, 6) is 0.687. The van der Waals surface area contributed by atoms with Gasteiger partial charge in [-0.1, -0.05) is 61.5 Å². The highest BCUT2D eigenvalue weighted by molar-refractivity contribution is 6.01. The molecule has 1 atom stereocenters. The summed E-state index contributed by atoms with van der Waals surface area (Å²) in [5, 5.41) is 0. The van der Waals surface area contributed by atoms with Crippen molar-refractivity contribution in [3.63, 3.8) is 0 Å². The van der Waals surface area contributed by atoms with Crippen molar-refractivity contribution >= 4 is 11.9 Å². The predicted molar refractivity (Wildman–Crippen MR) is 87.9 cm³/mol. The number of benzene rings is 2. The van der Waals surface area contributed by atoms with Gasteiger partial charge in [-0.3, -0.25) is 4.79 Å². The fourth-order valence-corrected chi connectivity index (χ4v) is 3.04. The van der Waals surface area contributed by atoms with Crippen LogP contribution >= 0.6 is 0 Å². The van der Waals surface area contributed by atoms with E-state index in [9.17, 15) is 4.79 Å². The fraction of sp³-hybridized carbons (Fsp3) is 0.250. The second kappa shape index (κ2) is 6.09. The van der Waals surface area contributed by atoms with Gasteiger partial charge in [0.05, 0.1) is 0 Å². The van der Waals surface area contributed by atoms with Gasteiger partial charge in [0.25, 0.3) is 0 Å². The minimum atomic E-state index is 0.316. The normalized spacial score (nSPS) is 20.7. The van der Waals surface area contributed by atoms with E-state index in [1.54, 1.807) is 0 Å². The maximum Gasteiger partial charge on any atom is 0.159 e. The SMILES string of the molecule is CC1CCCC(=O)/C1=C/c1ccccc1-c1ccccc1. The largest absolute Gasteiger partial charge is 0.295 e. The molecule has 1 nitrogen and oxygen atoms in total. The third-order valence-electron chi connectivity index (χ3n) is 4.25. The van der Waals surface area contributed by atoms with E-state index in [2.05, 4.69) is 43.3 Å². The van der Waals surface area contributed by atoms with E-state index in [1.165, 1.54) is 11.1 Å². The Balaban J connectivity index is 2.05. The number of rotatable bonds is 2. The van der Waals surface area contributed by atoms with Crippen molar-refractivity contribution in [3.05, 3.63) is 65.7 Å². The first-order valence-electron chi connectivity index (χ1n) is 7.65. The smallest absolute Gasteiger partial charge is 0.159 e. The zero-order valence-corrected chi connectivity index (χ0v) is 12.4. The lowest BCUT2D eigenvalue weighted by Gasteiger charge is -2.21. The quantitative estimate of drug-likeness (QED) is 0.695. The van der Waals surface area contributed by atoms with Crippen molar-refractivity contribution < 1.29 is 4.79 Å². The molecule has 0 radical (unpaired) electrons. The zero-order chi connectivity index (χ0) is 14.7. The van der Waals surface area contributed by atoms with Crippen molar-refractivity contribution in [1.82, 2.24) is 0 Å². The lowest BCUT2D eigenvalue weighted by atomic mass is 9.83. The Bertz CT molecular complexity index is 667. The highest BCUT2D eigenvalue weighted by atomic mass is 16.1. The van der Waals surface area contributed by atoms with Gasteiger partial charge in [-0.15, -0.1) is 0 Å². The van der Waals surface area contributed by atoms with E-state index >= 15 is 0 Å². The molecule has 1 aliphatic rings. The maximum atomic E-state index is 12.2. The van der Waals surface area contributed by atoms with E-state index in [1.807, 2.05) is 24.3 Å². The number of hydrogen-bond donors (Lipinski definition) is 0. The molecule has 21 heavy (non-hydrogen) atoms. The van der Waals surface area contributed by atoms with Crippen LogP contribution in [0.15, 0.2) is 60.2 Å². The van der Waals surface area contributed by atoms with Crippen LogP contribution in [0.5, 0.6) is 0 Å². The molecule has 1 saturated carbocycles. The molecule has 2 aromatic carbocycles. The van der Waals surface area contributed by atoms with Crippen LogP contribution in [0.1, 0.15) is 31.7 Å². The number of ketones is 1. The molecule has 106 valence electrons. The highest BCUT2D eigenvalue weighted by Crippen LogP contribution is 2.31. The Morgan fingerprint density at radius 2 is 1.71 bits per heavy atom. The van der Waals surface area contributed by atoms with Crippen LogP contribution in [0.25, 0.3) is 17.2 Å². The Morgan fingerprint density at radius 3 is 2.48 bits per heavy atom. The summed E-state index contributed by atoms with van der Waals surface area (Å²) < 4.78 is 0. The standard InChI is InChI=1S/C20H20O/c1-15-8-7-13-20(21)19(15)14-17-11-5-6-12-18(17)16-9-3-2-4-10-16/h2-6,9-12,14-15H,7-8,13H2,1H3/b19-14+. The van der Waals surface area contributed by atoms with Crippen LogP contribution < -0.4 is 0 Å². The summed E-state index contributed by atoms with van der Waals surface area (Å²) in [6, 6.07) is 18.7. The number of Topliss-reactive ketones (excluding diaryl/α,β-unsaturated/α-hetero) is 1. The molecular weight excluding hydrogens is 256 g/mol. The molecule has 0 heterocycles. The summed E-state index contributed by atoms with van der Waals surface area (Å²) in [4.78, 5) is 12.2. The first kappa shape index (κ1) is 13.8. The van der Waals surface area contributed by atoms with Gasteiger partial charge in [-0.05, 0) is 47.1 Å². The lowest BCUT2D eigenvalue weighted by molar-refractivity contribution is -0.116. The number of carbonyl (C=O) groups is 1. The van der Waals surface area contributed by atoms with Crippen molar-refractivity contribution in [1.29, 1.82) is 0 Å². The van der Waals surface area contributed by atoms with Crippen LogP contribution in [-0.2, 0) is 4.79 Å². The van der Waals surface area contributed by atoms with Gasteiger partial charge in [0.2, 0.25) is 0 Å². The summed E-state index contributed by atoms with van der Waals surface area (Å²) in [6.45, 7) is 2.16. The number of allylic oxidation sites excluding steroid dienone is 1. The molecule has 0 amide bonds. The molecule has 1 fully saturated rings. The fourth-order valence-electron chi connectivity index (χ4n) is 3.04. The number of hydrogen-bond acceptors (Lipinski definition) is 1. The van der Waals surface area contributed by atoms with Crippen molar-refractivity contribution in [3.8, 4) is 11.1 Å². The average molecular weight is 276 g/mol. The Morgan fingerprint density at radius 1 is 1.00 bits per heavy atom. The third kappa shape index (κ3) is 2.97. The molecule has 0 aliphatic heterocycles. The van der Waals surface area contributed by atoms with E-state index in [4.69, 9.17) is 0 Å². The summed E-state index contributed by atoms with van der Waals surface area (Å²) in [7, 11) is 0. The Hall–Kier alpha value is -2.15. The van der Waals surface area contributed by atoms with Crippen molar-refractivity contribution in [2.24, 2.45) is 5.92 Å². The highest BCUT2D eigenvalue weighted by Gasteiger charge is 2.22. The van der Waals surface area contributed by atoms with Crippen LogP contribution in [-0.4, -0.2) is 5.78 Å². The molecule has 0 bridgehead atoms. The minimum absolute atomic E-state index is 0.316. The van der Waals surface area contributed by atoms with Gasteiger partial charge in [-0.25, -0.2) is 0 Å². The molecule has 0 saturated heterocycles. The molecule has 0 aromatic heterocycles. The lowest BCUT2D eigenvalue weighted by Crippen LogP contribution is -2.16. The van der Waals surface area contributed by atoms with Gasteiger partial charge >= 0.3 is 0 Å². The predicted octanol–water partition coefficient (Wildman–Crippen LogP) is 5.13. The van der Waals surface area contributed by atoms with Gasteiger partial charge < -0.3 is 0 Å². The zero-order valence-electron chi connectivity index (χ0n) is 12.4. The van der Waals surface area contributed by atoms with Crippen molar-refractivity contribution in [2.45, 2.75) is 26.2 Å². The summed E-state index contributed by atoms with van der Waals surface area (Å²) in [6.07, 6.45) is 4.95. The van der Waals surface area contributed by atoms with E-state index in [0.717, 1.165) is 24.0 Å². The third-order valence-corrected chi connectivity index (χ3v) is 4.25. The molecule has 1 unspecified atom stereocenters.